The van der Waals surface area contributed by atoms with Crippen LogP contribution >= 0.6 is 0 Å². The number of ether oxygens (including phenoxy) is 3. The normalized spacial score (nSPS) is 13.8. The Hall–Kier alpha value is -2.39. The summed E-state index contributed by atoms with van der Waals surface area (Å²) >= 11 is 0. The van der Waals surface area contributed by atoms with E-state index in [9.17, 15) is 24.5 Å². The molecule has 1 N–H and O–H groups in total. The van der Waals surface area contributed by atoms with Crippen LogP contribution in [0.3, 0.4) is 0 Å². The molecule has 10 heteroatoms. The minimum atomic E-state index is -1.04. The van der Waals surface area contributed by atoms with Gasteiger partial charge in [-0.1, -0.05) is 0 Å². The van der Waals surface area contributed by atoms with Gasteiger partial charge >= 0.3 is 18.0 Å². The van der Waals surface area contributed by atoms with Gasteiger partial charge in [0.15, 0.2) is 0 Å². The number of nitrogens with one attached hydrogen (secondary N) is 1. The SMILES string of the molecule is CCOC(=O)C[C@H](C[N+](=O)[O-])[C@H](CC(=O)OC(C)(C)C)NC(=O)OC(C)(C)C. The molecule has 0 aliphatic carbocycles. The number of carbonyl (C=O) groups excluding carboxylic acids is 3. The molecule has 2 atom stereocenters. The maximum atomic E-state index is 12.2. The largest absolute Gasteiger partial charge is 0.466 e. The lowest BCUT2D eigenvalue weighted by molar-refractivity contribution is -0.488. The van der Waals surface area contributed by atoms with E-state index in [1.54, 1.807) is 48.5 Å². The summed E-state index contributed by atoms with van der Waals surface area (Å²) in [5.74, 6) is -2.30. The number of hydrogen-bond donors (Lipinski definition) is 1. The van der Waals surface area contributed by atoms with Crippen molar-refractivity contribution < 1.29 is 33.5 Å². The van der Waals surface area contributed by atoms with Gasteiger partial charge in [-0.25, -0.2) is 4.79 Å². The van der Waals surface area contributed by atoms with Crippen molar-refractivity contribution in [3.63, 3.8) is 0 Å². The van der Waals surface area contributed by atoms with Crippen molar-refractivity contribution >= 4 is 18.0 Å². The summed E-state index contributed by atoms with van der Waals surface area (Å²) in [4.78, 5) is 46.7. The molecule has 0 fully saturated rings. The quantitative estimate of drug-likeness (QED) is 0.268. The highest BCUT2D eigenvalue weighted by molar-refractivity contribution is 5.74. The lowest BCUT2D eigenvalue weighted by Gasteiger charge is -2.28. The molecular weight excluding hydrogens is 372 g/mol. The zero-order valence-electron chi connectivity index (χ0n) is 17.7. The Bertz CT molecular complexity index is 533. The molecule has 0 saturated carbocycles. The number of carbonyl (C=O) groups is 3. The van der Waals surface area contributed by atoms with Crippen LogP contribution in [0.5, 0.6) is 0 Å². The fraction of sp³-hybridized carbons (Fsp3) is 0.833. The van der Waals surface area contributed by atoms with E-state index in [1.807, 2.05) is 0 Å². The maximum Gasteiger partial charge on any atom is 0.407 e. The number of esters is 2. The van der Waals surface area contributed by atoms with E-state index >= 15 is 0 Å². The third kappa shape index (κ3) is 12.9. The summed E-state index contributed by atoms with van der Waals surface area (Å²) in [6.07, 6.45) is -1.54. The summed E-state index contributed by atoms with van der Waals surface area (Å²) in [5, 5.41) is 13.5. The van der Waals surface area contributed by atoms with Gasteiger partial charge in [-0.15, -0.1) is 0 Å². The van der Waals surface area contributed by atoms with Gasteiger partial charge in [-0.2, -0.15) is 0 Å². The number of rotatable bonds is 9. The van der Waals surface area contributed by atoms with Gasteiger partial charge in [0.1, 0.15) is 11.2 Å². The van der Waals surface area contributed by atoms with Crippen LogP contribution in [0.15, 0.2) is 0 Å². The second-order valence-electron chi connectivity index (χ2n) is 8.33. The molecule has 0 spiro atoms. The van der Waals surface area contributed by atoms with Crippen molar-refractivity contribution in [1.82, 2.24) is 5.32 Å². The van der Waals surface area contributed by atoms with Crippen LogP contribution in [0.1, 0.15) is 61.3 Å². The Labute approximate surface area is 165 Å². The van der Waals surface area contributed by atoms with E-state index in [0.717, 1.165) is 0 Å². The van der Waals surface area contributed by atoms with Crippen molar-refractivity contribution in [2.75, 3.05) is 13.2 Å². The molecular formula is C18H32N2O8. The first kappa shape index (κ1) is 25.6. The van der Waals surface area contributed by atoms with Crippen molar-refractivity contribution in [3.05, 3.63) is 10.1 Å². The van der Waals surface area contributed by atoms with E-state index in [1.165, 1.54) is 0 Å². The number of hydrogen-bond acceptors (Lipinski definition) is 8. The smallest absolute Gasteiger partial charge is 0.407 e. The Morgan fingerprint density at radius 3 is 1.93 bits per heavy atom. The third-order valence-electron chi connectivity index (χ3n) is 3.20. The summed E-state index contributed by atoms with van der Waals surface area (Å²) in [5.41, 5.74) is -1.58. The fourth-order valence-corrected chi connectivity index (χ4v) is 2.32. The molecule has 0 aromatic heterocycles. The Morgan fingerprint density at radius 2 is 1.50 bits per heavy atom. The number of amides is 1. The molecule has 0 rings (SSSR count). The summed E-state index contributed by atoms with van der Waals surface area (Å²) in [7, 11) is 0. The van der Waals surface area contributed by atoms with Gasteiger partial charge < -0.3 is 19.5 Å². The predicted octanol–water partition coefficient (Wildman–Crippen LogP) is 2.46. The zero-order chi connectivity index (χ0) is 22.1. The first-order valence-electron chi connectivity index (χ1n) is 9.11. The van der Waals surface area contributed by atoms with Crippen molar-refractivity contribution in [2.45, 2.75) is 78.6 Å². The number of nitrogens with zero attached hydrogens (tertiary/aromatic N) is 1. The average Bonchev–Trinajstić information content (AvgIpc) is 2.41. The van der Waals surface area contributed by atoms with Gasteiger partial charge in [-0.3, -0.25) is 19.7 Å². The molecule has 0 aliphatic heterocycles. The second kappa shape index (κ2) is 10.8. The number of nitro groups is 1. The van der Waals surface area contributed by atoms with E-state index in [2.05, 4.69) is 5.32 Å². The second-order valence-corrected chi connectivity index (χ2v) is 8.33. The first-order chi connectivity index (χ1) is 12.6. The highest BCUT2D eigenvalue weighted by Crippen LogP contribution is 2.18. The summed E-state index contributed by atoms with van der Waals surface area (Å²) < 4.78 is 15.3. The van der Waals surface area contributed by atoms with Gasteiger partial charge in [0.2, 0.25) is 6.54 Å². The molecule has 28 heavy (non-hydrogen) atoms. The van der Waals surface area contributed by atoms with Crippen LogP contribution in [0.2, 0.25) is 0 Å². The molecule has 0 aromatic rings. The van der Waals surface area contributed by atoms with E-state index in [-0.39, 0.29) is 19.4 Å². The zero-order valence-corrected chi connectivity index (χ0v) is 17.7. The Morgan fingerprint density at radius 1 is 0.964 bits per heavy atom. The minimum Gasteiger partial charge on any atom is -0.466 e. The lowest BCUT2D eigenvalue weighted by atomic mass is 9.93. The highest BCUT2D eigenvalue weighted by atomic mass is 16.6. The Balaban J connectivity index is 5.50. The molecule has 0 saturated heterocycles. The predicted molar refractivity (Wildman–Crippen MR) is 100 cm³/mol. The molecule has 0 radical (unpaired) electrons. The first-order valence-corrected chi connectivity index (χ1v) is 9.11. The number of alkyl carbamates (subject to hydrolysis) is 1. The molecule has 0 unspecified atom stereocenters. The molecule has 10 nitrogen and oxygen atoms in total. The maximum absolute atomic E-state index is 12.2. The van der Waals surface area contributed by atoms with Gasteiger partial charge in [0.05, 0.1) is 31.4 Å². The van der Waals surface area contributed by atoms with Gasteiger partial charge in [0, 0.05) is 4.92 Å². The van der Waals surface area contributed by atoms with Crippen LogP contribution in [0, 0.1) is 16.0 Å². The van der Waals surface area contributed by atoms with Crippen LogP contribution in [0.4, 0.5) is 4.79 Å². The van der Waals surface area contributed by atoms with Crippen LogP contribution in [0.25, 0.3) is 0 Å². The highest BCUT2D eigenvalue weighted by Gasteiger charge is 2.34. The van der Waals surface area contributed by atoms with Crippen LogP contribution < -0.4 is 5.32 Å². The third-order valence-corrected chi connectivity index (χ3v) is 3.20. The fourth-order valence-electron chi connectivity index (χ4n) is 2.32. The van der Waals surface area contributed by atoms with Gasteiger partial charge in [-0.05, 0) is 48.5 Å². The summed E-state index contributed by atoms with van der Waals surface area (Å²) in [6, 6.07) is -1.04. The van der Waals surface area contributed by atoms with Crippen LogP contribution in [-0.2, 0) is 23.8 Å². The molecule has 1 amide bonds. The Kier molecular flexibility index (Phi) is 9.89. The monoisotopic (exact) mass is 404 g/mol. The molecule has 162 valence electrons. The van der Waals surface area contributed by atoms with E-state index in [0.29, 0.717) is 0 Å². The topological polar surface area (TPSA) is 134 Å². The summed E-state index contributed by atoms with van der Waals surface area (Å²) in [6.45, 7) is 11.1. The van der Waals surface area contributed by atoms with Gasteiger partial charge in [0.25, 0.3) is 0 Å². The van der Waals surface area contributed by atoms with Crippen LogP contribution in [-0.4, -0.2) is 53.4 Å². The molecule has 0 bridgehead atoms. The van der Waals surface area contributed by atoms with Crippen molar-refractivity contribution in [2.24, 2.45) is 5.92 Å². The van der Waals surface area contributed by atoms with Crippen molar-refractivity contribution in [1.29, 1.82) is 0 Å². The standard InChI is InChI=1S/C18H32N2O8/c1-8-26-14(21)9-12(11-20(24)25)13(10-15(22)27-17(2,3)4)19-16(23)28-18(5,6)7/h12-13H,8-11H2,1-7H3,(H,19,23)/t12-,13+/m1/s1. The molecule has 0 aromatic carbocycles. The minimum absolute atomic E-state index is 0.111. The van der Waals surface area contributed by atoms with E-state index < -0.39 is 52.7 Å². The lowest BCUT2D eigenvalue weighted by Crippen LogP contribution is -2.47. The molecule has 0 heterocycles. The van der Waals surface area contributed by atoms with Crippen molar-refractivity contribution in [3.8, 4) is 0 Å². The average molecular weight is 404 g/mol. The van der Waals surface area contributed by atoms with E-state index in [4.69, 9.17) is 14.2 Å². The molecule has 0 aliphatic rings.